The van der Waals surface area contributed by atoms with E-state index in [-0.39, 0.29) is 5.91 Å². The van der Waals surface area contributed by atoms with Crippen LogP contribution >= 0.6 is 15.9 Å². The van der Waals surface area contributed by atoms with Crippen molar-refractivity contribution in [2.75, 3.05) is 19.6 Å². The zero-order chi connectivity index (χ0) is 12.0. The van der Waals surface area contributed by atoms with Crippen LogP contribution in [-0.2, 0) is 0 Å². The van der Waals surface area contributed by atoms with Gasteiger partial charge < -0.3 is 10.6 Å². The minimum absolute atomic E-state index is 0.274. The normalized spacial score (nSPS) is 10.2. The molecule has 0 aromatic heterocycles. The molecule has 0 fully saturated rings. The second kappa shape index (κ2) is 6.60. The molecule has 0 saturated heterocycles. The molecule has 0 aliphatic heterocycles. The lowest BCUT2D eigenvalue weighted by atomic mass is 10.2. The summed E-state index contributed by atoms with van der Waals surface area (Å²) in [6, 6.07) is 4.04. The molecule has 0 radical (unpaired) electrons. The summed E-state index contributed by atoms with van der Waals surface area (Å²) in [7, 11) is 0. The van der Waals surface area contributed by atoms with E-state index in [9.17, 15) is 9.18 Å². The van der Waals surface area contributed by atoms with Crippen molar-refractivity contribution in [1.29, 1.82) is 0 Å². The molecule has 2 N–H and O–H groups in total. The van der Waals surface area contributed by atoms with Crippen LogP contribution in [0, 0.1) is 5.82 Å². The number of benzene rings is 1. The Bertz CT molecular complexity index is 371. The first kappa shape index (κ1) is 13.1. The summed E-state index contributed by atoms with van der Waals surface area (Å²) < 4.78 is 13.5. The predicted molar refractivity (Wildman–Crippen MR) is 65.0 cm³/mol. The van der Waals surface area contributed by atoms with E-state index in [1.165, 1.54) is 18.2 Å². The number of carbonyl (C=O) groups is 1. The molecule has 0 aliphatic carbocycles. The summed E-state index contributed by atoms with van der Waals surface area (Å²) in [5.41, 5.74) is 0.316. The van der Waals surface area contributed by atoms with Gasteiger partial charge in [0.05, 0.1) is 5.56 Å². The van der Waals surface area contributed by atoms with Crippen LogP contribution in [0.5, 0.6) is 0 Å². The van der Waals surface area contributed by atoms with Crippen molar-refractivity contribution in [1.82, 2.24) is 10.6 Å². The van der Waals surface area contributed by atoms with Gasteiger partial charge in [0, 0.05) is 17.6 Å². The molecule has 88 valence electrons. The molecule has 0 spiro atoms. The highest BCUT2D eigenvalue weighted by atomic mass is 79.9. The molecule has 3 nitrogen and oxygen atoms in total. The van der Waals surface area contributed by atoms with Gasteiger partial charge in [-0.2, -0.15) is 0 Å². The molecule has 0 atom stereocenters. The summed E-state index contributed by atoms with van der Waals surface area (Å²) in [6.07, 6.45) is 0. The molecule has 0 heterocycles. The van der Waals surface area contributed by atoms with Crippen LogP contribution in [0.3, 0.4) is 0 Å². The smallest absolute Gasteiger partial charge is 0.252 e. The van der Waals surface area contributed by atoms with Crippen molar-refractivity contribution >= 4 is 21.8 Å². The standard InChI is InChI=1S/C11H14BrFN2O/c1-2-14-5-6-15-11(16)9-7-8(13)3-4-10(9)12/h3-4,7,14H,2,5-6H2,1H3,(H,15,16). The highest BCUT2D eigenvalue weighted by Gasteiger charge is 2.10. The fourth-order valence-corrected chi connectivity index (χ4v) is 1.63. The fraction of sp³-hybridized carbons (Fsp3) is 0.364. The second-order valence-electron chi connectivity index (χ2n) is 3.23. The van der Waals surface area contributed by atoms with Gasteiger partial charge in [-0.3, -0.25) is 4.79 Å². The van der Waals surface area contributed by atoms with E-state index in [1.807, 2.05) is 6.92 Å². The first-order chi connectivity index (χ1) is 7.65. The molecule has 1 amide bonds. The Morgan fingerprint density at radius 3 is 2.88 bits per heavy atom. The molecule has 0 unspecified atom stereocenters. The summed E-state index contributed by atoms with van der Waals surface area (Å²) >= 11 is 3.21. The van der Waals surface area contributed by atoms with Crippen LogP contribution in [0.15, 0.2) is 22.7 Å². The van der Waals surface area contributed by atoms with E-state index in [4.69, 9.17) is 0 Å². The third-order valence-corrected chi connectivity index (χ3v) is 2.70. The largest absolute Gasteiger partial charge is 0.351 e. The van der Waals surface area contributed by atoms with Crippen LogP contribution in [-0.4, -0.2) is 25.5 Å². The van der Waals surface area contributed by atoms with Gasteiger partial charge >= 0.3 is 0 Å². The Kier molecular flexibility index (Phi) is 5.42. The monoisotopic (exact) mass is 288 g/mol. The predicted octanol–water partition coefficient (Wildman–Crippen LogP) is 1.93. The number of amides is 1. The summed E-state index contributed by atoms with van der Waals surface area (Å²) in [4.78, 5) is 11.6. The van der Waals surface area contributed by atoms with Crippen LogP contribution in [0.25, 0.3) is 0 Å². The Hall–Kier alpha value is -0.940. The van der Waals surface area contributed by atoms with E-state index < -0.39 is 5.82 Å². The maximum atomic E-state index is 12.9. The molecular weight excluding hydrogens is 275 g/mol. The van der Waals surface area contributed by atoms with Crippen LogP contribution in [0.1, 0.15) is 17.3 Å². The SMILES string of the molecule is CCNCCNC(=O)c1cc(F)ccc1Br. The maximum Gasteiger partial charge on any atom is 0.252 e. The van der Waals surface area contributed by atoms with Gasteiger partial charge in [0.15, 0.2) is 0 Å². The van der Waals surface area contributed by atoms with Crippen molar-refractivity contribution in [3.63, 3.8) is 0 Å². The Morgan fingerprint density at radius 2 is 2.19 bits per heavy atom. The van der Waals surface area contributed by atoms with Gasteiger partial charge in [0.25, 0.3) is 5.91 Å². The molecule has 0 saturated carbocycles. The van der Waals surface area contributed by atoms with Crippen molar-refractivity contribution in [2.45, 2.75) is 6.92 Å². The summed E-state index contributed by atoms with van der Waals surface area (Å²) in [6.45, 7) is 4.08. The maximum absolute atomic E-state index is 12.9. The minimum atomic E-state index is -0.417. The van der Waals surface area contributed by atoms with Gasteiger partial charge in [-0.15, -0.1) is 0 Å². The Labute approximate surface area is 103 Å². The molecule has 1 rings (SSSR count). The first-order valence-electron chi connectivity index (χ1n) is 5.09. The van der Waals surface area contributed by atoms with Gasteiger partial charge in [-0.25, -0.2) is 4.39 Å². The fourth-order valence-electron chi connectivity index (χ4n) is 1.21. The number of rotatable bonds is 5. The molecule has 1 aromatic rings. The number of hydrogen-bond acceptors (Lipinski definition) is 2. The van der Waals surface area contributed by atoms with Crippen molar-refractivity contribution in [2.24, 2.45) is 0 Å². The van der Waals surface area contributed by atoms with E-state index in [1.54, 1.807) is 0 Å². The number of carbonyl (C=O) groups excluding carboxylic acids is 1. The zero-order valence-electron chi connectivity index (χ0n) is 9.02. The lowest BCUT2D eigenvalue weighted by Gasteiger charge is -2.07. The average molecular weight is 289 g/mol. The highest BCUT2D eigenvalue weighted by molar-refractivity contribution is 9.10. The lowest BCUT2D eigenvalue weighted by Crippen LogP contribution is -2.31. The van der Waals surface area contributed by atoms with Crippen molar-refractivity contribution in [3.8, 4) is 0 Å². The Morgan fingerprint density at radius 1 is 1.44 bits per heavy atom. The summed E-state index contributed by atoms with van der Waals surface area (Å²) in [5.74, 6) is -0.690. The molecule has 1 aromatic carbocycles. The third-order valence-electron chi connectivity index (χ3n) is 2.01. The quantitative estimate of drug-likeness (QED) is 0.813. The number of hydrogen-bond donors (Lipinski definition) is 2. The van der Waals surface area contributed by atoms with E-state index >= 15 is 0 Å². The average Bonchev–Trinajstić information content (AvgIpc) is 2.27. The van der Waals surface area contributed by atoms with Crippen LogP contribution in [0.2, 0.25) is 0 Å². The van der Waals surface area contributed by atoms with Gasteiger partial charge in [-0.1, -0.05) is 6.92 Å². The zero-order valence-corrected chi connectivity index (χ0v) is 10.6. The topological polar surface area (TPSA) is 41.1 Å². The van der Waals surface area contributed by atoms with E-state index in [0.29, 0.717) is 23.1 Å². The van der Waals surface area contributed by atoms with Crippen molar-refractivity contribution < 1.29 is 9.18 Å². The number of likely N-dealkylation sites (N-methyl/N-ethyl adjacent to an activating group) is 1. The molecule has 16 heavy (non-hydrogen) atoms. The van der Waals surface area contributed by atoms with Gasteiger partial charge in [0.1, 0.15) is 5.82 Å². The highest BCUT2D eigenvalue weighted by Crippen LogP contribution is 2.17. The van der Waals surface area contributed by atoms with Gasteiger partial charge in [-0.05, 0) is 40.7 Å². The van der Waals surface area contributed by atoms with Crippen LogP contribution in [0.4, 0.5) is 4.39 Å². The van der Waals surface area contributed by atoms with E-state index in [0.717, 1.165) is 6.54 Å². The molecular formula is C11H14BrFN2O. The number of nitrogens with one attached hydrogen (secondary N) is 2. The summed E-state index contributed by atoms with van der Waals surface area (Å²) in [5, 5.41) is 5.78. The molecule has 0 aliphatic rings. The molecule has 0 bridgehead atoms. The first-order valence-corrected chi connectivity index (χ1v) is 5.88. The minimum Gasteiger partial charge on any atom is -0.351 e. The second-order valence-corrected chi connectivity index (χ2v) is 4.09. The molecule has 5 heteroatoms. The lowest BCUT2D eigenvalue weighted by molar-refractivity contribution is 0.0952. The van der Waals surface area contributed by atoms with Crippen molar-refractivity contribution in [3.05, 3.63) is 34.1 Å². The van der Waals surface area contributed by atoms with E-state index in [2.05, 4.69) is 26.6 Å². The number of halogens is 2. The van der Waals surface area contributed by atoms with Gasteiger partial charge in [0.2, 0.25) is 0 Å². The third kappa shape index (κ3) is 3.90. The Balaban J connectivity index is 2.55. The van der Waals surface area contributed by atoms with Crippen LogP contribution < -0.4 is 10.6 Å².